The summed E-state index contributed by atoms with van der Waals surface area (Å²) < 4.78 is 79.0. The minimum absolute atomic E-state index is 0.0183. The van der Waals surface area contributed by atoms with E-state index >= 15 is 0 Å². The molecule has 0 aromatic heterocycles. The third-order valence-corrected chi connectivity index (χ3v) is 6.85. The van der Waals surface area contributed by atoms with Crippen LogP contribution in [0.5, 0.6) is 11.5 Å². The van der Waals surface area contributed by atoms with Gasteiger partial charge in [0.05, 0.1) is 23.3 Å². The Labute approximate surface area is 191 Å². The van der Waals surface area contributed by atoms with Crippen molar-refractivity contribution in [2.75, 3.05) is 11.4 Å². The van der Waals surface area contributed by atoms with Crippen molar-refractivity contribution in [3.8, 4) is 11.5 Å². The number of benzene rings is 3. The quantitative estimate of drug-likeness (QED) is 0.404. The van der Waals surface area contributed by atoms with E-state index in [2.05, 4.69) is 0 Å². The van der Waals surface area contributed by atoms with Crippen molar-refractivity contribution in [1.29, 1.82) is 0 Å². The van der Waals surface area contributed by atoms with Crippen molar-refractivity contribution >= 4 is 15.7 Å². The predicted octanol–water partition coefficient (Wildman–Crippen LogP) is 5.90. The van der Waals surface area contributed by atoms with Gasteiger partial charge in [-0.3, -0.25) is 4.31 Å². The molecular formula is C24H24F3NO4S. The molecule has 0 aliphatic heterocycles. The van der Waals surface area contributed by atoms with Crippen LogP contribution in [0, 0.1) is 0 Å². The van der Waals surface area contributed by atoms with Crippen LogP contribution in [0.2, 0.25) is 0 Å². The molecular weight excluding hydrogens is 455 g/mol. The second-order valence-electron chi connectivity index (χ2n) is 7.52. The number of alkyl halides is 3. The molecule has 3 aromatic rings. The largest absolute Gasteiger partial charge is 0.497 e. The SMILES string of the molecule is COc1ccc(S(=O)(=O)N(c2ccc(C(F)(F)F)cc2OCc2ccccc2)C(C)C)cc1. The number of anilines is 1. The van der Waals surface area contributed by atoms with Crippen LogP contribution < -0.4 is 13.8 Å². The molecule has 0 aliphatic carbocycles. The molecule has 0 amide bonds. The smallest absolute Gasteiger partial charge is 0.416 e. The van der Waals surface area contributed by atoms with E-state index in [0.29, 0.717) is 5.75 Å². The summed E-state index contributed by atoms with van der Waals surface area (Å²) in [5, 5.41) is 0. The van der Waals surface area contributed by atoms with Crippen LogP contribution in [0.4, 0.5) is 18.9 Å². The molecule has 0 heterocycles. The number of sulfonamides is 1. The fourth-order valence-corrected chi connectivity index (χ4v) is 4.94. The highest BCUT2D eigenvalue weighted by atomic mass is 32.2. The van der Waals surface area contributed by atoms with Crippen LogP contribution in [-0.4, -0.2) is 21.6 Å². The van der Waals surface area contributed by atoms with Gasteiger partial charge in [-0.15, -0.1) is 0 Å². The second kappa shape index (κ2) is 9.74. The number of rotatable bonds is 8. The molecule has 0 bridgehead atoms. The Bertz CT molecular complexity index is 1180. The van der Waals surface area contributed by atoms with E-state index in [9.17, 15) is 21.6 Å². The normalized spacial score (nSPS) is 12.0. The van der Waals surface area contributed by atoms with Crippen molar-refractivity contribution in [3.05, 3.63) is 83.9 Å². The Hall–Kier alpha value is -3.20. The van der Waals surface area contributed by atoms with Crippen LogP contribution in [0.3, 0.4) is 0 Å². The van der Waals surface area contributed by atoms with Crippen LogP contribution in [-0.2, 0) is 22.8 Å². The van der Waals surface area contributed by atoms with Crippen LogP contribution >= 0.6 is 0 Å². The first kappa shape index (κ1) is 24.4. The van der Waals surface area contributed by atoms with E-state index in [4.69, 9.17) is 9.47 Å². The Morgan fingerprint density at radius 3 is 2.12 bits per heavy atom. The van der Waals surface area contributed by atoms with Crippen LogP contribution in [0.1, 0.15) is 25.0 Å². The van der Waals surface area contributed by atoms with E-state index in [1.165, 1.54) is 31.4 Å². The molecule has 33 heavy (non-hydrogen) atoms. The van der Waals surface area contributed by atoms with Crippen molar-refractivity contribution in [3.63, 3.8) is 0 Å². The van der Waals surface area contributed by atoms with Gasteiger partial charge >= 0.3 is 6.18 Å². The Kier molecular flexibility index (Phi) is 7.22. The van der Waals surface area contributed by atoms with Crippen molar-refractivity contribution in [1.82, 2.24) is 0 Å². The van der Waals surface area contributed by atoms with E-state index in [1.807, 2.05) is 0 Å². The van der Waals surface area contributed by atoms with E-state index < -0.39 is 27.8 Å². The summed E-state index contributed by atoms with van der Waals surface area (Å²) in [5.41, 5.74) is -0.181. The molecule has 0 atom stereocenters. The summed E-state index contributed by atoms with van der Waals surface area (Å²) in [6.07, 6.45) is -4.61. The number of ether oxygens (including phenoxy) is 2. The molecule has 0 spiro atoms. The molecule has 5 nitrogen and oxygen atoms in total. The van der Waals surface area contributed by atoms with Gasteiger partial charge in [-0.1, -0.05) is 30.3 Å². The van der Waals surface area contributed by atoms with Gasteiger partial charge in [0.2, 0.25) is 0 Å². The first-order valence-electron chi connectivity index (χ1n) is 10.1. The van der Waals surface area contributed by atoms with Gasteiger partial charge in [-0.2, -0.15) is 13.2 Å². The molecule has 0 N–H and O–H groups in total. The summed E-state index contributed by atoms with van der Waals surface area (Å²) in [5.74, 6) is 0.297. The second-order valence-corrected chi connectivity index (χ2v) is 9.34. The first-order chi connectivity index (χ1) is 15.5. The van der Waals surface area contributed by atoms with Gasteiger partial charge < -0.3 is 9.47 Å². The molecule has 0 saturated carbocycles. The van der Waals surface area contributed by atoms with Gasteiger partial charge in [0, 0.05) is 6.04 Å². The highest BCUT2D eigenvalue weighted by Crippen LogP contribution is 2.40. The number of hydrogen-bond donors (Lipinski definition) is 0. The van der Waals surface area contributed by atoms with Crippen molar-refractivity contribution in [2.24, 2.45) is 0 Å². The van der Waals surface area contributed by atoms with Gasteiger partial charge in [0.25, 0.3) is 10.0 Å². The van der Waals surface area contributed by atoms with Gasteiger partial charge in [0.15, 0.2) is 0 Å². The molecule has 176 valence electrons. The van der Waals surface area contributed by atoms with Gasteiger partial charge in [0.1, 0.15) is 18.1 Å². The standard InChI is InChI=1S/C24H24F3NO4S/c1-17(2)28(33(29,30)21-12-10-20(31-3)11-13-21)22-14-9-19(24(25,26)27)15-23(22)32-16-18-7-5-4-6-8-18/h4-15,17H,16H2,1-3H3. The van der Waals surface area contributed by atoms with Gasteiger partial charge in [-0.25, -0.2) is 8.42 Å². The molecule has 0 radical (unpaired) electrons. The number of hydrogen-bond acceptors (Lipinski definition) is 4. The Morgan fingerprint density at radius 2 is 1.58 bits per heavy atom. The molecule has 9 heteroatoms. The minimum atomic E-state index is -4.61. The molecule has 0 fully saturated rings. The van der Waals surface area contributed by atoms with E-state index in [1.54, 1.807) is 44.2 Å². The third-order valence-electron chi connectivity index (χ3n) is 4.85. The summed E-state index contributed by atoms with van der Waals surface area (Å²) >= 11 is 0. The first-order valence-corrected chi connectivity index (χ1v) is 11.5. The Balaban J connectivity index is 2.09. The highest BCUT2D eigenvalue weighted by Gasteiger charge is 2.34. The average molecular weight is 480 g/mol. The summed E-state index contributed by atoms with van der Waals surface area (Å²) in [7, 11) is -2.65. The lowest BCUT2D eigenvalue weighted by Gasteiger charge is -2.30. The molecule has 0 aliphatic rings. The van der Waals surface area contributed by atoms with Crippen molar-refractivity contribution < 1.29 is 31.1 Å². The van der Waals surface area contributed by atoms with E-state index in [0.717, 1.165) is 28.1 Å². The lowest BCUT2D eigenvalue weighted by atomic mass is 10.1. The average Bonchev–Trinajstić information content (AvgIpc) is 2.78. The fraction of sp³-hybridized carbons (Fsp3) is 0.250. The number of nitrogens with zero attached hydrogens (tertiary/aromatic N) is 1. The summed E-state index contributed by atoms with van der Waals surface area (Å²) in [4.78, 5) is -0.0223. The van der Waals surface area contributed by atoms with Crippen molar-refractivity contribution in [2.45, 2.75) is 37.6 Å². The Morgan fingerprint density at radius 1 is 0.939 bits per heavy atom. The minimum Gasteiger partial charge on any atom is -0.497 e. The van der Waals surface area contributed by atoms with Gasteiger partial charge in [-0.05, 0) is 61.9 Å². The predicted molar refractivity (Wildman–Crippen MR) is 120 cm³/mol. The molecule has 0 unspecified atom stereocenters. The number of methoxy groups -OCH3 is 1. The topological polar surface area (TPSA) is 55.8 Å². The fourth-order valence-electron chi connectivity index (χ4n) is 3.27. The van der Waals surface area contributed by atoms with E-state index in [-0.39, 0.29) is 22.9 Å². The highest BCUT2D eigenvalue weighted by molar-refractivity contribution is 7.92. The lowest BCUT2D eigenvalue weighted by Crippen LogP contribution is -2.37. The third kappa shape index (κ3) is 5.60. The maximum atomic E-state index is 13.5. The summed E-state index contributed by atoms with van der Waals surface area (Å²) in [6.45, 7) is 3.25. The monoisotopic (exact) mass is 479 g/mol. The maximum Gasteiger partial charge on any atom is 0.416 e. The number of halogens is 3. The molecule has 3 rings (SSSR count). The zero-order chi connectivity index (χ0) is 24.2. The van der Waals surface area contributed by atoms with Crippen LogP contribution in [0.25, 0.3) is 0 Å². The zero-order valence-corrected chi connectivity index (χ0v) is 19.2. The van der Waals surface area contributed by atoms with Crippen LogP contribution in [0.15, 0.2) is 77.7 Å². The molecule has 3 aromatic carbocycles. The summed E-state index contributed by atoms with van der Waals surface area (Å²) in [6, 6.07) is 16.9. The lowest BCUT2D eigenvalue weighted by molar-refractivity contribution is -0.137. The maximum absolute atomic E-state index is 13.5. The zero-order valence-electron chi connectivity index (χ0n) is 18.3. The molecule has 0 saturated heterocycles.